The largest absolute Gasteiger partial charge is 0.315 e. The van der Waals surface area contributed by atoms with Crippen LogP contribution in [0.3, 0.4) is 0 Å². The lowest BCUT2D eigenvalue weighted by atomic mass is 9.95. The quantitative estimate of drug-likeness (QED) is 0.654. The van der Waals surface area contributed by atoms with E-state index in [9.17, 15) is 0 Å². The molecule has 1 aliphatic rings. The highest BCUT2D eigenvalue weighted by molar-refractivity contribution is 5.35. The number of hydrogen-bond acceptors (Lipinski definition) is 3. The van der Waals surface area contributed by atoms with Crippen molar-refractivity contribution in [2.24, 2.45) is 0 Å². The third-order valence-corrected chi connectivity index (χ3v) is 2.13. The Hall–Kier alpha value is -1.40. The van der Waals surface area contributed by atoms with Gasteiger partial charge < -0.3 is 5.32 Å². The predicted molar refractivity (Wildman–Crippen MR) is 44.6 cm³/mol. The molecule has 1 fully saturated rings. The minimum Gasteiger partial charge on any atom is -0.315 e. The van der Waals surface area contributed by atoms with Gasteiger partial charge in [0.25, 0.3) is 0 Å². The van der Waals surface area contributed by atoms with Gasteiger partial charge in [-0.3, -0.25) is 4.98 Å². The second-order valence-corrected chi connectivity index (χ2v) is 2.90. The Morgan fingerprint density at radius 2 is 2.42 bits per heavy atom. The van der Waals surface area contributed by atoms with E-state index in [1.807, 2.05) is 6.07 Å². The highest BCUT2D eigenvalue weighted by atomic mass is 15.0. The minimum atomic E-state index is 0.445. The molecule has 1 aromatic rings. The normalized spacial score (nSPS) is 16.6. The second kappa shape index (κ2) is 2.92. The summed E-state index contributed by atoms with van der Waals surface area (Å²) in [6.45, 7) is 1.90. The maximum atomic E-state index is 8.78. The molecule has 0 aliphatic carbocycles. The molecule has 60 valence electrons. The Labute approximate surface area is 71.0 Å². The molecule has 0 saturated carbocycles. The lowest BCUT2D eigenvalue weighted by Gasteiger charge is -2.26. The van der Waals surface area contributed by atoms with Gasteiger partial charge in [0.05, 0.1) is 11.3 Å². The number of pyridine rings is 1. The van der Waals surface area contributed by atoms with Crippen LogP contribution < -0.4 is 5.32 Å². The molecule has 12 heavy (non-hydrogen) atoms. The van der Waals surface area contributed by atoms with Crippen molar-refractivity contribution in [1.82, 2.24) is 10.3 Å². The van der Waals surface area contributed by atoms with Crippen molar-refractivity contribution in [3.63, 3.8) is 0 Å². The van der Waals surface area contributed by atoms with E-state index in [-0.39, 0.29) is 0 Å². The molecule has 3 nitrogen and oxygen atoms in total. The van der Waals surface area contributed by atoms with E-state index in [0.29, 0.717) is 11.5 Å². The van der Waals surface area contributed by atoms with Gasteiger partial charge in [0.2, 0.25) is 0 Å². The summed E-state index contributed by atoms with van der Waals surface area (Å²) in [5.41, 5.74) is 1.66. The van der Waals surface area contributed by atoms with Crippen LogP contribution in [0.2, 0.25) is 0 Å². The molecular weight excluding hydrogens is 150 g/mol. The van der Waals surface area contributed by atoms with Gasteiger partial charge >= 0.3 is 0 Å². The molecule has 1 aromatic heterocycles. The van der Waals surface area contributed by atoms with Crippen molar-refractivity contribution in [2.75, 3.05) is 13.1 Å². The fraction of sp³-hybridized carbons (Fsp3) is 0.333. The Morgan fingerprint density at radius 1 is 1.58 bits per heavy atom. The maximum absolute atomic E-state index is 8.78. The van der Waals surface area contributed by atoms with Gasteiger partial charge in [-0.25, -0.2) is 0 Å². The first-order valence-corrected chi connectivity index (χ1v) is 3.97. The average Bonchev–Trinajstić information content (AvgIpc) is 2.02. The highest BCUT2D eigenvalue weighted by Gasteiger charge is 2.22. The molecule has 0 radical (unpaired) electrons. The second-order valence-electron chi connectivity index (χ2n) is 2.90. The van der Waals surface area contributed by atoms with Gasteiger partial charge in [-0.05, 0) is 12.1 Å². The zero-order valence-electron chi connectivity index (χ0n) is 6.62. The van der Waals surface area contributed by atoms with Crippen molar-refractivity contribution in [1.29, 1.82) is 5.26 Å². The zero-order valence-corrected chi connectivity index (χ0v) is 6.62. The van der Waals surface area contributed by atoms with E-state index in [1.54, 1.807) is 12.3 Å². The van der Waals surface area contributed by atoms with Crippen molar-refractivity contribution in [3.8, 4) is 6.07 Å². The van der Waals surface area contributed by atoms with Gasteiger partial charge in [0, 0.05) is 25.2 Å². The number of hydrogen-bond donors (Lipinski definition) is 1. The van der Waals surface area contributed by atoms with Crippen molar-refractivity contribution >= 4 is 0 Å². The highest BCUT2D eigenvalue weighted by Crippen LogP contribution is 2.20. The van der Waals surface area contributed by atoms with Crippen LogP contribution in [0.15, 0.2) is 18.3 Å². The average molecular weight is 159 g/mol. The number of rotatable bonds is 1. The first-order chi connectivity index (χ1) is 5.92. The van der Waals surface area contributed by atoms with Crippen LogP contribution in [0.1, 0.15) is 17.2 Å². The molecule has 0 unspecified atom stereocenters. The SMILES string of the molecule is N#Cc1cccnc1C1CNC1. The number of nitrogens with one attached hydrogen (secondary N) is 1. The van der Waals surface area contributed by atoms with Crippen LogP contribution in [-0.2, 0) is 0 Å². The van der Waals surface area contributed by atoms with Crippen molar-refractivity contribution in [2.45, 2.75) is 5.92 Å². The lowest BCUT2D eigenvalue weighted by Crippen LogP contribution is -2.40. The zero-order chi connectivity index (χ0) is 8.39. The predicted octanol–water partition coefficient (Wildman–Crippen LogP) is 0.640. The van der Waals surface area contributed by atoms with Crippen LogP contribution in [0.4, 0.5) is 0 Å². The lowest BCUT2D eigenvalue weighted by molar-refractivity contribution is 0.439. The smallest absolute Gasteiger partial charge is 0.101 e. The topological polar surface area (TPSA) is 48.7 Å². The van der Waals surface area contributed by atoms with Crippen LogP contribution >= 0.6 is 0 Å². The fourth-order valence-corrected chi connectivity index (χ4v) is 1.32. The van der Waals surface area contributed by atoms with Crippen LogP contribution in [0.25, 0.3) is 0 Å². The summed E-state index contributed by atoms with van der Waals surface area (Å²) in [5.74, 6) is 0.445. The van der Waals surface area contributed by atoms with Crippen LogP contribution in [0.5, 0.6) is 0 Å². The van der Waals surface area contributed by atoms with Gasteiger partial charge in [0.15, 0.2) is 0 Å². The molecular formula is C9H9N3. The van der Waals surface area contributed by atoms with Gasteiger partial charge in [-0.2, -0.15) is 5.26 Å². The molecule has 0 amide bonds. The molecule has 3 heteroatoms. The van der Waals surface area contributed by atoms with E-state index in [2.05, 4.69) is 16.4 Å². The van der Waals surface area contributed by atoms with Gasteiger partial charge in [-0.1, -0.05) is 0 Å². The van der Waals surface area contributed by atoms with E-state index in [1.165, 1.54) is 0 Å². The maximum Gasteiger partial charge on any atom is 0.101 e. The van der Waals surface area contributed by atoms with Gasteiger partial charge in [-0.15, -0.1) is 0 Å². The summed E-state index contributed by atoms with van der Waals surface area (Å²) in [5, 5.41) is 11.9. The van der Waals surface area contributed by atoms with E-state index < -0.39 is 0 Å². The van der Waals surface area contributed by atoms with E-state index >= 15 is 0 Å². The molecule has 0 spiro atoms. The molecule has 1 saturated heterocycles. The Kier molecular flexibility index (Phi) is 1.77. The summed E-state index contributed by atoms with van der Waals surface area (Å²) >= 11 is 0. The first kappa shape index (κ1) is 7.26. The molecule has 2 rings (SSSR count). The van der Waals surface area contributed by atoms with Crippen LogP contribution in [-0.4, -0.2) is 18.1 Å². The molecule has 1 aliphatic heterocycles. The van der Waals surface area contributed by atoms with Crippen molar-refractivity contribution in [3.05, 3.63) is 29.6 Å². The third kappa shape index (κ3) is 1.06. The Bertz CT molecular complexity index is 323. The summed E-state index contributed by atoms with van der Waals surface area (Å²) < 4.78 is 0. The number of nitrogens with zero attached hydrogens (tertiary/aromatic N) is 2. The number of nitriles is 1. The first-order valence-electron chi connectivity index (χ1n) is 3.97. The third-order valence-electron chi connectivity index (χ3n) is 2.13. The Balaban J connectivity index is 2.35. The molecule has 2 heterocycles. The van der Waals surface area contributed by atoms with E-state index in [0.717, 1.165) is 18.8 Å². The standard InChI is InChI=1S/C9H9N3/c10-4-7-2-1-3-12-9(7)8-5-11-6-8/h1-3,8,11H,5-6H2. The molecule has 0 bridgehead atoms. The summed E-state index contributed by atoms with van der Waals surface area (Å²) in [6.07, 6.45) is 1.74. The molecule has 1 N–H and O–H groups in total. The van der Waals surface area contributed by atoms with Crippen molar-refractivity contribution < 1.29 is 0 Å². The van der Waals surface area contributed by atoms with Crippen LogP contribution in [0, 0.1) is 11.3 Å². The Morgan fingerprint density at radius 3 is 3.00 bits per heavy atom. The monoisotopic (exact) mass is 159 g/mol. The number of aromatic nitrogens is 1. The van der Waals surface area contributed by atoms with E-state index in [4.69, 9.17) is 5.26 Å². The molecule has 0 aromatic carbocycles. The summed E-state index contributed by atoms with van der Waals surface area (Å²) in [4.78, 5) is 4.21. The van der Waals surface area contributed by atoms with Gasteiger partial charge in [0.1, 0.15) is 6.07 Å². The molecule has 0 atom stereocenters. The summed E-state index contributed by atoms with van der Waals surface area (Å²) in [6, 6.07) is 5.77. The minimum absolute atomic E-state index is 0.445. The fourth-order valence-electron chi connectivity index (χ4n) is 1.32. The summed E-state index contributed by atoms with van der Waals surface area (Å²) in [7, 11) is 0.